The Hall–Kier alpha value is -1.20. The first-order valence-corrected chi connectivity index (χ1v) is 7.06. The van der Waals surface area contributed by atoms with Gasteiger partial charge in [-0.05, 0) is 25.3 Å². The number of hydrogen-bond donors (Lipinski definition) is 0. The normalized spacial score (nSPS) is 10.5. The molecule has 0 saturated carbocycles. The lowest BCUT2D eigenvalue weighted by Gasteiger charge is -1.97. The summed E-state index contributed by atoms with van der Waals surface area (Å²) in [7, 11) is 0. The molecule has 0 amide bonds. The van der Waals surface area contributed by atoms with Gasteiger partial charge in [0, 0.05) is 4.88 Å². The van der Waals surface area contributed by atoms with Gasteiger partial charge in [0.15, 0.2) is 0 Å². The minimum Gasteiger partial charge on any atom is -0.466 e. The van der Waals surface area contributed by atoms with Crippen LogP contribution < -0.4 is 0 Å². The van der Waals surface area contributed by atoms with Gasteiger partial charge < -0.3 is 4.74 Å². The summed E-state index contributed by atoms with van der Waals surface area (Å²) in [5.74, 6) is -0.209. The molecule has 2 aromatic heterocycles. The Morgan fingerprint density at radius 2 is 2.35 bits per heavy atom. The number of thiophene rings is 1. The average molecular weight is 267 g/mol. The fourth-order valence-corrected chi connectivity index (χ4v) is 3.27. The predicted octanol–water partition coefficient (Wildman–Crippen LogP) is 3.29. The Morgan fingerprint density at radius 1 is 1.53 bits per heavy atom. The van der Waals surface area contributed by atoms with E-state index in [1.54, 1.807) is 22.7 Å². The Bertz CT molecular complexity index is 503. The van der Waals surface area contributed by atoms with E-state index < -0.39 is 0 Å². The highest BCUT2D eigenvalue weighted by Crippen LogP contribution is 2.30. The zero-order valence-electron chi connectivity index (χ0n) is 9.73. The van der Waals surface area contributed by atoms with Crippen LogP contribution in [0.1, 0.15) is 16.8 Å². The first kappa shape index (κ1) is 12.3. The van der Waals surface area contributed by atoms with Crippen LogP contribution >= 0.6 is 22.7 Å². The molecule has 0 aliphatic rings. The number of carbonyl (C=O) groups is 1. The molecule has 0 atom stereocenters. The van der Waals surface area contributed by atoms with E-state index in [0.29, 0.717) is 6.61 Å². The van der Waals surface area contributed by atoms with E-state index in [0.717, 1.165) is 20.5 Å². The zero-order valence-corrected chi connectivity index (χ0v) is 11.4. The number of ether oxygens (including phenoxy) is 1. The van der Waals surface area contributed by atoms with Gasteiger partial charge in [-0.2, -0.15) is 0 Å². The Kier molecular flexibility index (Phi) is 3.91. The molecule has 0 unspecified atom stereocenters. The highest BCUT2D eigenvalue weighted by molar-refractivity contribution is 7.15. The molecule has 0 bridgehead atoms. The Balaban J connectivity index is 2.17. The van der Waals surface area contributed by atoms with E-state index in [-0.39, 0.29) is 12.4 Å². The molecular formula is C12H13NO2S2. The summed E-state index contributed by atoms with van der Waals surface area (Å²) >= 11 is 3.22. The fraction of sp³-hybridized carbons (Fsp3) is 0.333. The van der Waals surface area contributed by atoms with Gasteiger partial charge in [-0.25, -0.2) is 4.98 Å². The van der Waals surface area contributed by atoms with Crippen LogP contribution in [-0.4, -0.2) is 17.6 Å². The van der Waals surface area contributed by atoms with Crippen LogP contribution in [0.2, 0.25) is 0 Å². The van der Waals surface area contributed by atoms with Crippen molar-refractivity contribution in [2.45, 2.75) is 20.3 Å². The second-order valence-corrected chi connectivity index (χ2v) is 5.71. The third-order valence-electron chi connectivity index (χ3n) is 2.20. The fourth-order valence-electron chi connectivity index (χ4n) is 1.50. The number of hydrogen-bond acceptors (Lipinski definition) is 5. The highest BCUT2D eigenvalue weighted by Gasteiger charge is 2.13. The maximum absolute atomic E-state index is 11.4. The number of aryl methyl sites for hydroxylation is 1. The van der Waals surface area contributed by atoms with Crippen LogP contribution in [0, 0.1) is 6.92 Å². The Morgan fingerprint density at radius 3 is 3.00 bits per heavy atom. The topological polar surface area (TPSA) is 39.2 Å². The molecule has 0 aliphatic carbocycles. The van der Waals surface area contributed by atoms with Crippen molar-refractivity contribution in [1.29, 1.82) is 0 Å². The molecule has 0 aliphatic heterocycles. The quantitative estimate of drug-likeness (QED) is 0.798. The van der Waals surface area contributed by atoms with Gasteiger partial charge >= 0.3 is 5.97 Å². The lowest BCUT2D eigenvalue weighted by molar-refractivity contribution is -0.142. The van der Waals surface area contributed by atoms with Crippen molar-refractivity contribution >= 4 is 28.6 Å². The molecule has 2 heterocycles. The molecule has 0 fully saturated rings. The molecule has 90 valence electrons. The maximum Gasteiger partial charge on any atom is 0.312 e. The molecule has 0 aromatic carbocycles. The molecule has 0 saturated heterocycles. The lowest BCUT2D eigenvalue weighted by atomic mass is 10.3. The summed E-state index contributed by atoms with van der Waals surface area (Å²) in [4.78, 5) is 18.2. The minimum absolute atomic E-state index is 0.209. The first-order chi connectivity index (χ1) is 8.20. The van der Waals surface area contributed by atoms with Crippen molar-refractivity contribution in [2.24, 2.45) is 0 Å². The van der Waals surface area contributed by atoms with E-state index >= 15 is 0 Å². The van der Waals surface area contributed by atoms with E-state index in [2.05, 4.69) is 4.98 Å². The van der Waals surface area contributed by atoms with Gasteiger partial charge in [-0.15, -0.1) is 22.7 Å². The molecule has 2 aromatic rings. The lowest BCUT2D eigenvalue weighted by Crippen LogP contribution is -2.07. The monoisotopic (exact) mass is 267 g/mol. The van der Waals surface area contributed by atoms with E-state index in [4.69, 9.17) is 4.74 Å². The Labute approximate surface area is 108 Å². The molecule has 0 spiro atoms. The summed E-state index contributed by atoms with van der Waals surface area (Å²) < 4.78 is 4.92. The first-order valence-electron chi connectivity index (χ1n) is 5.36. The number of rotatable bonds is 4. The summed E-state index contributed by atoms with van der Waals surface area (Å²) in [6.45, 7) is 4.25. The van der Waals surface area contributed by atoms with Crippen molar-refractivity contribution in [3.05, 3.63) is 27.4 Å². The summed E-state index contributed by atoms with van der Waals surface area (Å²) in [6, 6.07) is 4.05. The third kappa shape index (κ3) is 2.92. The van der Waals surface area contributed by atoms with Crippen LogP contribution in [0.5, 0.6) is 0 Å². The smallest absolute Gasteiger partial charge is 0.312 e. The van der Waals surface area contributed by atoms with Crippen molar-refractivity contribution in [1.82, 2.24) is 4.98 Å². The summed E-state index contributed by atoms with van der Waals surface area (Å²) in [5, 5.41) is 2.85. The maximum atomic E-state index is 11.4. The van der Waals surface area contributed by atoms with Crippen LogP contribution in [0.3, 0.4) is 0 Å². The molecule has 17 heavy (non-hydrogen) atoms. The van der Waals surface area contributed by atoms with Gasteiger partial charge in [-0.1, -0.05) is 6.07 Å². The third-order valence-corrected chi connectivity index (χ3v) is 4.04. The molecule has 5 heteroatoms. The molecular weight excluding hydrogens is 254 g/mol. The number of aromatic nitrogens is 1. The van der Waals surface area contributed by atoms with Crippen LogP contribution in [0.15, 0.2) is 17.5 Å². The van der Waals surface area contributed by atoms with Crippen LogP contribution in [-0.2, 0) is 16.0 Å². The van der Waals surface area contributed by atoms with Crippen molar-refractivity contribution < 1.29 is 9.53 Å². The number of esters is 1. The summed E-state index contributed by atoms with van der Waals surface area (Å²) in [6.07, 6.45) is 0.269. The summed E-state index contributed by atoms with van der Waals surface area (Å²) in [5.41, 5.74) is 0.990. The second kappa shape index (κ2) is 5.42. The second-order valence-electron chi connectivity index (χ2n) is 3.47. The minimum atomic E-state index is -0.209. The number of nitrogens with zero attached hydrogens (tertiary/aromatic N) is 1. The SMILES string of the molecule is CCOC(=O)Cc1nc(-c2cccs2)c(C)s1. The molecule has 3 nitrogen and oxygen atoms in total. The van der Waals surface area contributed by atoms with E-state index in [1.807, 2.05) is 31.4 Å². The van der Waals surface area contributed by atoms with Gasteiger partial charge in [0.1, 0.15) is 5.01 Å². The van der Waals surface area contributed by atoms with E-state index in [9.17, 15) is 4.79 Å². The predicted molar refractivity (Wildman–Crippen MR) is 70.5 cm³/mol. The van der Waals surface area contributed by atoms with Gasteiger partial charge in [0.2, 0.25) is 0 Å². The van der Waals surface area contributed by atoms with Gasteiger partial charge in [0.05, 0.1) is 23.6 Å². The molecule has 2 rings (SSSR count). The molecule has 0 radical (unpaired) electrons. The standard InChI is InChI=1S/C12H13NO2S2/c1-3-15-11(14)7-10-13-12(8(2)17-10)9-5-4-6-16-9/h4-6H,3,7H2,1-2H3. The van der Waals surface area contributed by atoms with Crippen LogP contribution in [0.25, 0.3) is 10.6 Å². The van der Waals surface area contributed by atoms with E-state index in [1.165, 1.54) is 0 Å². The zero-order chi connectivity index (χ0) is 12.3. The van der Waals surface area contributed by atoms with Gasteiger partial charge in [-0.3, -0.25) is 4.79 Å². The van der Waals surface area contributed by atoms with Gasteiger partial charge in [0.25, 0.3) is 0 Å². The average Bonchev–Trinajstić information content (AvgIpc) is 2.87. The largest absolute Gasteiger partial charge is 0.466 e. The van der Waals surface area contributed by atoms with Crippen LogP contribution in [0.4, 0.5) is 0 Å². The van der Waals surface area contributed by atoms with Crippen molar-refractivity contribution in [3.63, 3.8) is 0 Å². The van der Waals surface area contributed by atoms with Crippen molar-refractivity contribution in [3.8, 4) is 10.6 Å². The highest BCUT2D eigenvalue weighted by atomic mass is 32.1. The number of carbonyl (C=O) groups excluding carboxylic acids is 1. The molecule has 0 N–H and O–H groups in total. The number of thiazole rings is 1. The van der Waals surface area contributed by atoms with Crippen molar-refractivity contribution in [2.75, 3.05) is 6.61 Å².